The zero-order valence-electron chi connectivity index (χ0n) is 16.5. The van der Waals surface area contributed by atoms with Gasteiger partial charge in [-0.1, -0.05) is 54.6 Å². The van der Waals surface area contributed by atoms with Crippen molar-refractivity contribution in [2.75, 3.05) is 11.9 Å². The van der Waals surface area contributed by atoms with E-state index in [2.05, 4.69) is 10.6 Å². The van der Waals surface area contributed by atoms with Crippen LogP contribution in [0.25, 0.3) is 0 Å². The van der Waals surface area contributed by atoms with Gasteiger partial charge in [0.2, 0.25) is 0 Å². The molecule has 0 spiro atoms. The highest BCUT2D eigenvalue weighted by molar-refractivity contribution is 6.04. The van der Waals surface area contributed by atoms with Gasteiger partial charge in [-0.2, -0.15) is 5.26 Å². The Hall–Kier alpha value is -4.11. The van der Waals surface area contributed by atoms with Gasteiger partial charge in [-0.3, -0.25) is 9.59 Å². The van der Waals surface area contributed by atoms with Crippen molar-refractivity contribution in [3.8, 4) is 11.8 Å². The Bertz CT molecular complexity index is 1070. The number of hydrogen-bond acceptors (Lipinski definition) is 4. The Morgan fingerprint density at radius 2 is 1.63 bits per heavy atom. The third-order valence-corrected chi connectivity index (χ3v) is 4.46. The van der Waals surface area contributed by atoms with Gasteiger partial charge in [0, 0.05) is 0 Å². The van der Waals surface area contributed by atoms with E-state index in [4.69, 9.17) is 10.00 Å². The molecule has 3 rings (SSSR count). The first kappa shape index (κ1) is 20.6. The van der Waals surface area contributed by atoms with Gasteiger partial charge in [0.05, 0.1) is 22.9 Å². The van der Waals surface area contributed by atoms with Gasteiger partial charge in [0.1, 0.15) is 11.8 Å². The van der Waals surface area contributed by atoms with Crippen LogP contribution >= 0.6 is 0 Å². The number of hydrogen-bond donors (Lipinski definition) is 2. The summed E-state index contributed by atoms with van der Waals surface area (Å²) >= 11 is 0. The van der Waals surface area contributed by atoms with E-state index in [1.807, 2.05) is 43.3 Å². The van der Waals surface area contributed by atoms with Crippen molar-refractivity contribution in [3.63, 3.8) is 0 Å². The van der Waals surface area contributed by atoms with Crippen molar-refractivity contribution >= 4 is 17.5 Å². The maximum atomic E-state index is 12.8. The normalized spacial score (nSPS) is 11.1. The molecule has 0 saturated carbocycles. The maximum Gasteiger partial charge on any atom is 0.262 e. The molecule has 3 aromatic carbocycles. The minimum absolute atomic E-state index is 0.187. The predicted octanol–water partition coefficient (Wildman–Crippen LogP) is 4.07. The molecule has 0 aliphatic heterocycles. The van der Waals surface area contributed by atoms with Gasteiger partial charge in [-0.15, -0.1) is 0 Å². The molecule has 0 aromatic heterocycles. The van der Waals surface area contributed by atoms with Crippen LogP contribution in [-0.2, 0) is 4.79 Å². The Kier molecular flexibility index (Phi) is 6.80. The molecular weight excluding hydrogens is 378 g/mol. The summed E-state index contributed by atoms with van der Waals surface area (Å²) < 4.78 is 5.45. The first-order valence-corrected chi connectivity index (χ1v) is 9.45. The molecule has 3 aromatic rings. The van der Waals surface area contributed by atoms with Crippen LogP contribution in [0.2, 0.25) is 0 Å². The van der Waals surface area contributed by atoms with Crippen molar-refractivity contribution in [1.29, 1.82) is 5.26 Å². The fourth-order valence-corrected chi connectivity index (χ4v) is 2.90. The first-order valence-electron chi connectivity index (χ1n) is 9.45. The van der Waals surface area contributed by atoms with Crippen LogP contribution < -0.4 is 15.4 Å². The number of nitrogens with one attached hydrogen (secondary N) is 2. The molecule has 6 heteroatoms. The number of nitrogens with zero attached hydrogens (tertiary/aromatic N) is 1. The Morgan fingerprint density at radius 1 is 0.967 bits per heavy atom. The van der Waals surface area contributed by atoms with Gasteiger partial charge in [0.25, 0.3) is 11.8 Å². The van der Waals surface area contributed by atoms with E-state index in [9.17, 15) is 9.59 Å². The van der Waals surface area contributed by atoms with Gasteiger partial charge >= 0.3 is 0 Å². The van der Waals surface area contributed by atoms with Crippen LogP contribution in [0.3, 0.4) is 0 Å². The maximum absolute atomic E-state index is 12.8. The number of anilines is 1. The molecule has 0 bridgehead atoms. The van der Waals surface area contributed by atoms with Crippen LogP contribution in [-0.4, -0.2) is 18.4 Å². The average molecular weight is 399 g/mol. The summed E-state index contributed by atoms with van der Waals surface area (Å²) in [6, 6.07) is 24.9. The number of rotatable bonds is 7. The van der Waals surface area contributed by atoms with Crippen molar-refractivity contribution < 1.29 is 14.3 Å². The van der Waals surface area contributed by atoms with Gasteiger partial charge < -0.3 is 15.4 Å². The first-order chi connectivity index (χ1) is 14.6. The fourth-order valence-electron chi connectivity index (χ4n) is 2.90. The lowest BCUT2D eigenvalue weighted by Gasteiger charge is -2.16. The number of amides is 2. The lowest BCUT2D eigenvalue weighted by atomic mass is 10.1. The standard InChI is InChI=1S/C24H21N3O3/c1-17(18-9-3-2-4-10-18)26-24(29)20-12-6-7-13-21(20)27-23(28)16-30-22-14-8-5-11-19(22)15-25/h2-14,17H,16H2,1H3,(H,26,29)(H,27,28)/t17-/m0/s1. The number of nitriles is 1. The highest BCUT2D eigenvalue weighted by Crippen LogP contribution is 2.19. The smallest absolute Gasteiger partial charge is 0.262 e. The second-order valence-corrected chi connectivity index (χ2v) is 6.60. The fraction of sp³-hybridized carbons (Fsp3) is 0.125. The van der Waals surface area contributed by atoms with Crippen molar-refractivity contribution in [3.05, 3.63) is 95.6 Å². The van der Waals surface area contributed by atoms with E-state index in [1.54, 1.807) is 48.5 Å². The van der Waals surface area contributed by atoms with E-state index in [1.165, 1.54) is 0 Å². The van der Waals surface area contributed by atoms with E-state index < -0.39 is 5.91 Å². The van der Waals surface area contributed by atoms with Gasteiger partial charge in [-0.25, -0.2) is 0 Å². The minimum atomic E-state index is -0.431. The second-order valence-electron chi connectivity index (χ2n) is 6.60. The summed E-state index contributed by atoms with van der Waals surface area (Å²) in [5.41, 5.74) is 2.07. The van der Waals surface area contributed by atoms with Crippen molar-refractivity contribution in [1.82, 2.24) is 5.32 Å². The van der Waals surface area contributed by atoms with Crippen LogP contribution in [0.15, 0.2) is 78.9 Å². The zero-order chi connectivity index (χ0) is 21.3. The topological polar surface area (TPSA) is 91.2 Å². The summed E-state index contributed by atoms with van der Waals surface area (Å²) in [5.74, 6) is -0.394. The lowest BCUT2D eigenvalue weighted by molar-refractivity contribution is -0.118. The van der Waals surface area contributed by atoms with Crippen LogP contribution in [0.1, 0.15) is 34.5 Å². The monoisotopic (exact) mass is 399 g/mol. The number of para-hydroxylation sites is 2. The SMILES string of the molecule is C[C@H](NC(=O)c1ccccc1NC(=O)COc1ccccc1C#N)c1ccccc1. The molecule has 150 valence electrons. The lowest BCUT2D eigenvalue weighted by Crippen LogP contribution is -2.28. The molecule has 2 amide bonds. The van der Waals surface area contributed by atoms with Gasteiger partial charge in [-0.05, 0) is 36.8 Å². The largest absolute Gasteiger partial charge is 0.482 e. The summed E-state index contributed by atoms with van der Waals surface area (Å²) in [5, 5.41) is 14.7. The molecule has 2 N–H and O–H groups in total. The number of carbonyl (C=O) groups excluding carboxylic acids is 2. The molecule has 30 heavy (non-hydrogen) atoms. The average Bonchev–Trinajstić information content (AvgIpc) is 2.78. The van der Waals surface area contributed by atoms with Crippen LogP contribution in [0, 0.1) is 11.3 Å². The minimum Gasteiger partial charge on any atom is -0.482 e. The number of carbonyl (C=O) groups is 2. The molecule has 6 nitrogen and oxygen atoms in total. The summed E-state index contributed by atoms with van der Waals surface area (Å²) in [7, 11) is 0. The molecule has 0 aliphatic carbocycles. The highest BCUT2D eigenvalue weighted by atomic mass is 16.5. The Morgan fingerprint density at radius 3 is 2.40 bits per heavy atom. The zero-order valence-corrected chi connectivity index (χ0v) is 16.5. The molecule has 0 aliphatic rings. The molecule has 0 heterocycles. The summed E-state index contributed by atoms with van der Waals surface area (Å²) in [4.78, 5) is 25.1. The van der Waals surface area contributed by atoms with E-state index in [-0.39, 0.29) is 18.6 Å². The molecule has 1 atom stereocenters. The predicted molar refractivity (Wildman–Crippen MR) is 114 cm³/mol. The molecular formula is C24H21N3O3. The molecule has 0 radical (unpaired) electrons. The van der Waals surface area contributed by atoms with Gasteiger partial charge in [0.15, 0.2) is 6.61 Å². The highest BCUT2D eigenvalue weighted by Gasteiger charge is 2.16. The second kappa shape index (κ2) is 9.89. The quantitative estimate of drug-likeness (QED) is 0.627. The number of benzene rings is 3. The molecule has 0 unspecified atom stereocenters. The van der Waals surface area contributed by atoms with Crippen LogP contribution in [0.4, 0.5) is 5.69 Å². The molecule has 0 saturated heterocycles. The van der Waals surface area contributed by atoms with E-state index in [0.29, 0.717) is 22.6 Å². The van der Waals surface area contributed by atoms with E-state index >= 15 is 0 Å². The third kappa shape index (κ3) is 5.24. The third-order valence-electron chi connectivity index (χ3n) is 4.46. The van der Waals surface area contributed by atoms with Crippen LogP contribution in [0.5, 0.6) is 5.75 Å². The Labute approximate surface area is 175 Å². The Balaban J connectivity index is 1.65. The van der Waals surface area contributed by atoms with Crippen molar-refractivity contribution in [2.45, 2.75) is 13.0 Å². The van der Waals surface area contributed by atoms with Crippen molar-refractivity contribution in [2.24, 2.45) is 0 Å². The molecule has 0 fully saturated rings. The summed E-state index contributed by atoms with van der Waals surface area (Å²) in [6.07, 6.45) is 0. The summed E-state index contributed by atoms with van der Waals surface area (Å²) in [6.45, 7) is 1.62. The number of ether oxygens (including phenoxy) is 1. The van der Waals surface area contributed by atoms with E-state index in [0.717, 1.165) is 5.56 Å².